The summed E-state index contributed by atoms with van der Waals surface area (Å²) in [6.45, 7) is 3.74. The van der Waals surface area contributed by atoms with Crippen LogP contribution in [0.1, 0.15) is 51.0 Å². The Morgan fingerprint density at radius 2 is 1.78 bits per heavy atom. The lowest BCUT2D eigenvalue weighted by Crippen LogP contribution is -2.38. The van der Waals surface area contributed by atoms with Gasteiger partial charge in [0.15, 0.2) is 0 Å². The van der Waals surface area contributed by atoms with Crippen LogP contribution in [0.3, 0.4) is 0 Å². The van der Waals surface area contributed by atoms with Crippen molar-refractivity contribution in [1.82, 2.24) is 5.32 Å². The highest BCUT2D eigenvalue weighted by molar-refractivity contribution is 5.73. The second kappa shape index (κ2) is 6.03. The fourth-order valence-electron chi connectivity index (χ4n) is 3.12. The van der Waals surface area contributed by atoms with Crippen LogP contribution < -0.4 is 5.32 Å². The number of rotatable bonds is 3. The highest BCUT2D eigenvalue weighted by Crippen LogP contribution is 2.36. The second-order valence-electron chi connectivity index (χ2n) is 5.51. The van der Waals surface area contributed by atoms with Crippen molar-refractivity contribution < 1.29 is 4.79 Å². The molecule has 2 heteroatoms. The molecular weight excluding hydrogens is 222 g/mol. The summed E-state index contributed by atoms with van der Waals surface area (Å²) in [6, 6.07) is 11.1. The average Bonchev–Trinajstić information content (AvgIpc) is 2.39. The molecule has 0 saturated heterocycles. The van der Waals surface area contributed by atoms with Crippen molar-refractivity contribution in [2.24, 2.45) is 5.92 Å². The van der Waals surface area contributed by atoms with Crippen molar-refractivity contribution in [3.05, 3.63) is 35.9 Å². The zero-order valence-electron chi connectivity index (χ0n) is 11.4. The fourth-order valence-corrected chi connectivity index (χ4v) is 3.12. The monoisotopic (exact) mass is 245 g/mol. The maximum atomic E-state index is 11.1. The van der Waals surface area contributed by atoms with Crippen LogP contribution in [0.4, 0.5) is 0 Å². The van der Waals surface area contributed by atoms with E-state index in [0.717, 1.165) is 0 Å². The summed E-state index contributed by atoms with van der Waals surface area (Å²) < 4.78 is 0. The van der Waals surface area contributed by atoms with Crippen LogP contribution in [-0.4, -0.2) is 11.9 Å². The van der Waals surface area contributed by atoms with Crippen LogP contribution in [-0.2, 0) is 4.79 Å². The second-order valence-corrected chi connectivity index (χ2v) is 5.51. The van der Waals surface area contributed by atoms with E-state index in [1.165, 1.54) is 31.2 Å². The molecule has 1 fully saturated rings. The van der Waals surface area contributed by atoms with Gasteiger partial charge in [-0.05, 0) is 50.0 Å². The average molecular weight is 245 g/mol. The predicted octanol–water partition coefficient (Wildman–Crippen LogP) is 3.49. The largest absolute Gasteiger partial charge is 0.354 e. The summed E-state index contributed by atoms with van der Waals surface area (Å²) in [7, 11) is 0. The standard InChI is InChI=1S/C16H23NO/c1-12(17-13(2)18)14-8-10-16(11-9-14)15-6-4-3-5-7-15/h3-7,12,14,16H,8-11H2,1-2H3,(H,17,18). The van der Waals surface area contributed by atoms with Crippen molar-refractivity contribution in [3.8, 4) is 0 Å². The molecule has 0 aromatic heterocycles. The Hall–Kier alpha value is -1.31. The van der Waals surface area contributed by atoms with E-state index < -0.39 is 0 Å². The number of amides is 1. The minimum absolute atomic E-state index is 0.0904. The summed E-state index contributed by atoms with van der Waals surface area (Å²) in [5.41, 5.74) is 1.48. The van der Waals surface area contributed by atoms with Gasteiger partial charge in [-0.3, -0.25) is 4.79 Å². The van der Waals surface area contributed by atoms with Crippen molar-refractivity contribution >= 4 is 5.91 Å². The van der Waals surface area contributed by atoms with E-state index in [4.69, 9.17) is 0 Å². The lowest BCUT2D eigenvalue weighted by molar-refractivity contribution is -0.120. The third-order valence-electron chi connectivity index (χ3n) is 4.18. The zero-order chi connectivity index (χ0) is 13.0. The molecule has 2 rings (SSSR count). The van der Waals surface area contributed by atoms with Gasteiger partial charge in [-0.1, -0.05) is 30.3 Å². The first-order valence-corrected chi connectivity index (χ1v) is 6.99. The highest BCUT2D eigenvalue weighted by atomic mass is 16.1. The Balaban J connectivity index is 1.86. The third-order valence-corrected chi connectivity index (χ3v) is 4.18. The van der Waals surface area contributed by atoms with Crippen molar-refractivity contribution in [3.63, 3.8) is 0 Å². The van der Waals surface area contributed by atoms with Crippen LogP contribution in [0.15, 0.2) is 30.3 Å². The molecular formula is C16H23NO. The molecule has 1 aromatic carbocycles. The molecule has 1 aliphatic rings. The first-order chi connectivity index (χ1) is 8.66. The number of nitrogens with one attached hydrogen (secondary N) is 1. The van der Waals surface area contributed by atoms with Gasteiger partial charge in [0.25, 0.3) is 0 Å². The van der Waals surface area contributed by atoms with E-state index in [2.05, 4.69) is 42.6 Å². The summed E-state index contributed by atoms with van der Waals surface area (Å²) in [6.07, 6.45) is 4.94. The van der Waals surface area contributed by atoms with Crippen LogP contribution in [0.2, 0.25) is 0 Å². The topological polar surface area (TPSA) is 29.1 Å². The number of carbonyl (C=O) groups excluding carboxylic acids is 1. The van der Waals surface area contributed by atoms with Gasteiger partial charge >= 0.3 is 0 Å². The van der Waals surface area contributed by atoms with Crippen LogP contribution in [0, 0.1) is 5.92 Å². The fraction of sp³-hybridized carbons (Fsp3) is 0.562. The van der Waals surface area contributed by atoms with E-state index >= 15 is 0 Å². The molecule has 1 aliphatic carbocycles. The van der Waals surface area contributed by atoms with Crippen molar-refractivity contribution in [2.45, 2.75) is 51.5 Å². The number of hydrogen-bond donors (Lipinski definition) is 1. The molecule has 2 nitrogen and oxygen atoms in total. The summed E-state index contributed by atoms with van der Waals surface area (Å²) >= 11 is 0. The molecule has 0 bridgehead atoms. The van der Waals surface area contributed by atoms with Gasteiger partial charge in [0.05, 0.1) is 0 Å². The Bertz CT molecular complexity index is 379. The molecule has 1 saturated carbocycles. The van der Waals surface area contributed by atoms with Crippen LogP contribution in [0.25, 0.3) is 0 Å². The molecule has 18 heavy (non-hydrogen) atoms. The first kappa shape index (κ1) is 13.1. The van der Waals surface area contributed by atoms with Gasteiger partial charge in [-0.2, -0.15) is 0 Å². The normalized spacial score (nSPS) is 25.4. The third kappa shape index (κ3) is 3.34. The molecule has 1 N–H and O–H groups in total. The molecule has 1 amide bonds. The molecule has 0 heterocycles. The molecule has 1 unspecified atom stereocenters. The highest BCUT2D eigenvalue weighted by Gasteiger charge is 2.26. The van der Waals surface area contributed by atoms with E-state index in [9.17, 15) is 4.79 Å². The minimum atomic E-state index is 0.0904. The molecule has 98 valence electrons. The smallest absolute Gasteiger partial charge is 0.217 e. The Morgan fingerprint density at radius 1 is 1.17 bits per heavy atom. The molecule has 0 radical (unpaired) electrons. The van der Waals surface area contributed by atoms with Gasteiger partial charge in [0.1, 0.15) is 0 Å². The number of hydrogen-bond acceptors (Lipinski definition) is 1. The van der Waals surface area contributed by atoms with Gasteiger partial charge in [0, 0.05) is 13.0 Å². The van der Waals surface area contributed by atoms with Gasteiger partial charge in [0.2, 0.25) is 5.91 Å². The molecule has 1 atom stereocenters. The Morgan fingerprint density at radius 3 is 2.33 bits per heavy atom. The Labute approximate surface area is 110 Å². The maximum Gasteiger partial charge on any atom is 0.217 e. The zero-order valence-corrected chi connectivity index (χ0v) is 11.4. The summed E-state index contributed by atoms with van der Waals surface area (Å²) in [5.74, 6) is 1.45. The SMILES string of the molecule is CC(=O)NC(C)C1CCC(c2ccccc2)CC1. The van der Waals surface area contributed by atoms with Gasteiger partial charge in [-0.15, -0.1) is 0 Å². The van der Waals surface area contributed by atoms with E-state index in [1.54, 1.807) is 6.92 Å². The van der Waals surface area contributed by atoms with E-state index in [-0.39, 0.29) is 5.91 Å². The molecule has 0 spiro atoms. The maximum absolute atomic E-state index is 11.1. The van der Waals surface area contributed by atoms with Gasteiger partial charge in [-0.25, -0.2) is 0 Å². The van der Waals surface area contributed by atoms with Crippen LogP contribution >= 0.6 is 0 Å². The van der Waals surface area contributed by atoms with E-state index in [0.29, 0.717) is 17.9 Å². The minimum Gasteiger partial charge on any atom is -0.354 e. The predicted molar refractivity (Wildman–Crippen MR) is 74.4 cm³/mol. The van der Waals surface area contributed by atoms with Crippen LogP contribution in [0.5, 0.6) is 0 Å². The van der Waals surface area contributed by atoms with Crippen molar-refractivity contribution in [1.29, 1.82) is 0 Å². The lowest BCUT2D eigenvalue weighted by Gasteiger charge is -2.32. The first-order valence-electron chi connectivity index (χ1n) is 6.99. The molecule has 0 aliphatic heterocycles. The van der Waals surface area contributed by atoms with Gasteiger partial charge < -0.3 is 5.32 Å². The summed E-state index contributed by atoms with van der Waals surface area (Å²) in [4.78, 5) is 11.1. The molecule has 1 aromatic rings. The van der Waals surface area contributed by atoms with Crippen molar-refractivity contribution in [2.75, 3.05) is 0 Å². The lowest BCUT2D eigenvalue weighted by atomic mass is 9.76. The quantitative estimate of drug-likeness (QED) is 0.867. The van der Waals surface area contributed by atoms with E-state index in [1.807, 2.05) is 0 Å². The number of carbonyl (C=O) groups is 1. The Kier molecular flexibility index (Phi) is 4.40. The summed E-state index contributed by atoms with van der Waals surface area (Å²) in [5, 5.41) is 3.03. The number of benzene rings is 1.